The van der Waals surface area contributed by atoms with E-state index < -0.39 is 15.8 Å². The Morgan fingerprint density at radius 2 is 1.59 bits per heavy atom. The molecule has 0 aliphatic carbocycles. The molecule has 0 amide bonds. The van der Waals surface area contributed by atoms with E-state index in [0.717, 1.165) is 23.4 Å². The minimum Gasteiger partial charge on any atom is -0.282 e. The topological polar surface area (TPSA) is 66.1 Å². The van der Waals surface area contributed by atoms with Gasteiger partial charge in [0.15, 0.2) is 0 Å². The highest BCUT2D eigenvalue weighted by Gasteiger charge is 2.20. The highest BCUT2D eigenvalue weighted by molar-refractivity contribution is 7.89. The minimum absolute atomic E-state index is 0.0616. The van der Waals surface area contributed by atoms with Gasteiger partial charge in [0, 0.05) is 24.8 Å². The summed E-state index contributed by atoms with van der Waals surface area (Å²) in [4.78, 5) is 0.0616. The van der Waals surface area contributed by atoms with Crippen LogP contribution in [0.2, 0.25) is 0 Å². The predicted molar refractivity (Wildman–Crippen MR) is 98.5 cm³/mol. The lowest BCUT2D eigenvalue weighted by molar-refractivity contribution is 0.460. The van der Waals surface area contributed by atoms with Crippen molar-refractivity contribution in [2.24, 2.45) is 0 Å². The molecule has 0 saturated carbocycles. The van der Waals surface area contributed by atoms with Crippen LogP contribution in [0.5, 0.6) is 0 Å². The van der Waals surface area contributed by atoms with E-state index in [0.29, 0.717) is 25.1 Å². The number of H-pyrrole nitrogens is 1. The van der Waals surface area contributed by atoms with Gasteiger partial charge < -0.3 is 0 Å². The van der Waals surface area contributed by atoms with E-state index in [-0.39, 0.29) is 10.7 Å². The molecule has 1 heterocycles. The van der Waals surface area contributed by atoms with Crippen molar-refractivity contribution in [2.45, 2.75) is 17.7 Å². The number of rotatable bonds is 7. The van der Waals surface area contributed by atoms with Gasteiger partial charge in [-0.25, -0.2) is 21.5 Å². The van der Waals surface area contributed by atoms with Crippen LogP contribution in [0.1, 0.15) is 12.1 Å². The Hall–Kier alpha value is -2.58. The molecule has 0 spiro atoms. The third-order valence-corrected chi connectivity index (χ3v) is 6.08. The highest BCUT2D eigenvalue weighted by atomic mass is 32.2. The number of halogens is 2. The van der Waals surface area contributed by atoms with Crippen molar-refractivity contribution in [1.29, 1.82) is 0 Å². The molecule has 5 nitrogen and oxygen atoms in total. The molecule has 0 fully saturated rings. The zero-order valence-corrected chi connectivity index (χ0v) is 15.5. The van der Waals surface area contributed by atoms with Crippen LogP contribution in [0.4, 0.5) is 8.78 Å². The van der Waals surface area contributed by atoms with Crippen LogP contribution >= 0.6 is 0 Å². The Morgan fingerprint density at radius 1 is 1.00 bits per heavy atom. The van der Waals surface area contributed by atoms with Gasteiger partial charge in [-0.05, 0) is 67.4 Å². The van der Waals surface area contributed by atoms with Crippen LogP contribution in [0, 0.1) is 11.6 Å². The van der Waals surface area contributed by atoms with Gasteiger partial charge in [0.05, 0.1) is 10.6 Å². The number of aromatic nitrogens is 2. The maximum atomic E-state index is 13.0. The van der Waals surface area contributed by atoms with Gasteiger partial charge in [-0.15, -0.1) is 0 Å². The molecule has 0 bridgehead atoms. The number of nitrogens with zero attached hydrogens (tertiary/aromatic N) is 2. The molecule has 0 aliphatic rings. The van der Waals surface area contributed by atoms with Crippen LogP contribution in [0.15, 0.2) is 59.5 Å². The van der Waals surface area contributed by atoms with Crippen molar-refractivity contribution in [1.82, 2.24) is 14.5 Å². The molecule has 0 atom stereocenters. The van der Waals surface area contributed by atoms with Gasteiger partial charge in [0.25, 0.3) is 0 Å². The summed E-state index contributed by atoms with van der Waals surface area (Å²) in [6.45, 7) is 0.310. The first-order chi connectivity index (χ1) is 12.9. The maximum Gasteiger partial charge on any atom is 0.242 e. The Morgan fingerprint density at radius 3 is 2.22 bits per heavy atom. The van der Waals surface area contributed by atoms with E-state index in [1.165, 1.54) is 35.6 Å². The summed E-state index contributed by atoms with van der Waals surface area (Å²) >= 11 is 0. The molecule has 142 valence electrons. The molecule has 2 aromatic carbocycles. The Labute approximate surface area is 156 Å². The van der Waals surface area contributed by atoms with E-state index in [4.69, 9.17) is 0 Å². The summed E-state index contributed by atoms with van der Waals surface area (Å²) in [5, 5.41) is 7.12. The summed E-state index contributed by atoms with van der Waals surface area (Å²) in [6.07, 6.45) is 1.19. The second-order valence-electron chi connectivity index (χ2n) is 6.17. The molecule has 0 saturated heterocycles. The Bertz CT molecular complexity index is 1000. The molecule has 0 aliphatic heterocycles. The monoisotopic (exact) mass is 391 g/mol. The number of aromatic amines is 1. The second-order valence-corrected chi connectivity index (χ2v) is 8.21. The van der Waals surface area contributed by atoms with Crippen LogP contribution in [0.3, 0.4) is 0 Å². The summed E-state index contributed by atoms with van der Waals surface area (Å²) in [7, 11) is -2.15. The van der Waals surface area contributed by atoms with Gasteiger partial charge in [-0.1, -0.05) is 0 Å². The van der Waals surface area contributed by atoms with Gasteiger partial charge >= 0.3 is 0 Å². The lowest BCUT2D eigenvalue weighted by Gasteiger charge is -2.16. The third-order valence-electron chi connectivity index (χ3n) is 4.21. The number of sulfonamides is 1. The van der Waals surface area contributed by atoms with Crippen molar-refractivity contribution in [3.05, 3.63) is 71.9 Å². The van der Waals surface area contributed by atoms with E-state index in [9.17, 15) is 17.2 Å². The van der Waals surface area contributed by atoms with Crippen molar-refractivity contribution in [2.75, 3.05) is 13.6 Å². The lowest BCUT2D eigenvalue weighted by atomic mass is 10.1. The zero-order valence-electron chi connectivity index (χ0n) is 14.7. The van der Waals surface area contributed by atoms with Crippen molar-refractivity contribution < 1.29 is 17.2 Å². The number of benzene rings is 2. The summed E-state index contributed by atoms with van der Waals surface area (Å²) in [5.74, 6) is -0.785. The molecule has 3 aromatic rings. The molecule has 8 heteroatoms. The maximum absolute atomic E-state index is 13.0. The number of nitrogens with one attached hydrogen (secondary N) is 1. The SMILES string of the molecule is CN(CCCc1cc(-c2ccc(F)cc2)n[nH]1)S(=O)(=O)c1ccc(F)cc1. The lowest BCUT2D eigenvalue weighted by Crippen LogP contribution is -2.28. The Balaban J connectivity index is 1.58. The number of hydrogen-bond acceptors (Lipinski definition) is 3. The molecule has 0 radical (unpaired) electrons. The van der Waals surface area contributed by atoms with Gasteiger partial charge in [0.1, 0.15) is 11.6 Å². The predicted octanol–water partition coefficient (Wildman–Crippen LogP) is 3.61. The highest BCUT2D eigenvalue weighted by Crippen LogP contribution is 2.19. The third kappa shape index (κ3) is 4.58. The molecule has 27 heavy (non-hydrogen) atoms. The molecule has 1 N–H and O–H groups in total. The average molecular weight is 391 g/mol. The fourth-order valence-corrected chi connectivity index (χ4v) is 3.87. The van der Waals surface area contributed by atoms with E-state index in [1.54, 1.807) is 12.1 Å². The molecular weight excluding hydrogens is 372 g/mol. The van der Waals surface area contributed by atoms with Crippen LogP contribution in [0.25, 0.3) is 11.3 Å². The quantitative estimate of drug-likeness (QED) is 0.669. The molecule has 0 unspecified atom stereocenters. The van der Waals surface area contributed by atoms with E-state index >= 15 is 0 Å². The standard InChI is InChI=1S/C19H19F2N3O2S/c1-24(27(25,26)18-10-8-16(21)9-11-18)12-2-3-17-13-19(23-22-17)14-4-6-15(20)7-5-14/h4-11,13H,2-3,12H2,1H3,(H,22,23). The van der Waals surface area contributed by atoms with Gasteiger partial charge in [-0.2, -0.15) is 5.10 Å². The van der Waals surface area contributed by atoms with Gasteiger partial charge in [-0.3, -0.25) is 5.10 Å². The Kier molecular flexibility index (Phi) is 5.67. The first-order valence-electron chi connectivity index (χ1n) is 8.38. The minimum atomic E-state index is -3.65. The summed E-state index contributed by atoms with van der Waals surface area (Å²) in [6, 6.07) is 12.7. The van der Waals surface area contributed by atoms with E-state index in [1.807, 2.05) is 6.07 Å². The summed E-state index contributed by atoms with van der Waals surface area (Å²) in [5.41, 5.74) is 2.37. The first-order valence-corrected chi connectivity index (χ1v) is 9.82. The van der Waals surface area contributed by atoms with Crippen LogP contribution in [-0.4, -0.2) is 36.5 Å². The normalized spacial score (nSPS) is 11.9. The average Bonchev–Trinajstić information content (AvgIpc) is 3.11. The second kappa shape index (κ2) is 7.98. The van der Waals surface area contributed by atoms with Gasteiger partial charge in [0.2, 0.25) is 10.0 Å². The van der Waals surface area contributed by atoms with Crippen molar-refractivity contribution >= 4 is 10.0 Å². The van der Waals surface area contributed by atoms with E-state index in [2.05, 4.69) is 10.2 Å². The number of hydrogen-bond donors (Lipinski definition) is 1. The summed E-state index contributed by atoms with van der Waals surface area (Å²) < 4.78 is 52.1. The van der Waals surface area contributed by atoms with Crippen molar-refractivity contribution in [3.8, 4) is 11.3 Å². The fraction of sp³-hybridized carbons (Fsp3) is 0.211. The fourth-order valence-electron chi connectivity index (χ4n) is 2.66. The molecule has 3 rings (SSSR count). The molecule has 1 aromatic heterocycles. The first kappa shape index (κ1) is 19.2. The van der Waals surface area contributed by atoms with Crippen LogP contribution in [-0.2, 0) is 16.4 Å². The van der Waals surface area contributed by atoms with Crippen LogP contribution < -0.4 is 0 Å². The number of aryl methyl sites for hydroxylation is 1. The van der Waals surface area contributed by atoms with Crippen molar-refractivity contribution in [3.63, 3.8) is 0 Å². The smallest absolute Gasteiger partial charge is 0.242 e. The molecular formula is C19H19F2N3O2S. The zero-order chi connectivity index (χ0) is 19.4. The largest absolute Gasteiger partial charge is 0.282 e.